The highest BCUT2D eigenvalue weighted by atomic mass is 19.1. The van der Waals surface area contributed by atoms with Crippen molar-refractivity contribution in [1.29, 1.82) is 5.26 Å². The molecule has 1 aromatic heterocycles. The molecule has 2 aromatic carbocycles. The van der Waals surface area contributed by atoms with Crippen LogP contribution in [0.2, 0.25) is 0 Å². The molecule has 0 unspecified atom stereocenters. The average molecular weight is 422 g/mol. The fraction of sp³-hybridized carbons (Fsp3) is 0.304. The number of fused-ring (bicyclic) bond motifs is 1. The number of rotatable bonds is 8. The summed E-state index contributed by atoms with van der Waals surface area (Å²) in [4.78, 5) is 6.56. The van der Waals surface area contributed by atoms with Gasteiger partial charge in [-0.1, -0.05) is 0 Å². The van der Waals surface area contributed by atoms with E-state index in [1.807, 2.05) is 0 Å². The SMILES string of the molecule is CNc1ccc(Oc2ccnc3cc(OCCN4CC(C#N)C4)c(OC)cc23)c(F)c1. The maximum Gasteiger partial charge on any atom is 0.167 e. The fourth-order valence-electron chi connectivity index (χ4n) is 3.47. The summed E-state index contributed by atoms with van der Waals surface area (Å²) in [6, 6.07) is 12.2. The van der Waals surface area contributed by atoms with Gasteiger partial charge in [-0.25, -0.2) is 4.39 Å². The van der Waals surface area contributed by atoms with E-state index >= 15 is 0 Å². The van der Waals surface area contributed by atoms with Gasteiger partial charge in [-0.15, -0.1) is 0 Å². The molecule has 4 rings (SSSR count). The number of benzene rings is 2. The molecule has 7 nitrogen and oxygen atoms in total. The first-order valence-corrected chi connectivity index (χ1v) is 9.98. The molecule has 31 heavy (non-hydrogen) atoms. The van der Waals surface area contributed by atoms with Crippen molar-refractivity contribution in [2.45, 2.75) is 0 Å². The second-order valence-corrected chi connectivity index (χ2v) is 7.26. The zero-order valence-electron chi connectivity index (χ0n) is 17.4. The van der Waals surface area contributed by atoms with Crippen LogP contribution in [0.1, 0.15) is 0 Å². The van der Waals surface area contributed by atoms with E-state index in [0.717, 1.165) is 19.6 Å². The van der Waals surface area contributed by atoms with Crippen LogP contribution in [0.3, 0.4) is 0 Å². The van der Waals surface area contributed by atoms with Gasteiger partial charge in [-0.05, 0) is 24.3 Å². The van der Waals surface area contributed by atoms with Crippen molar-refractivity contribution in [3.05, 3.63) is 48.4 Å². The summed E-state index contributed by atoms with van der Waals surface area (Å²) in [5, 5.41) is 12.4. The van der Waals surface area contributed by atoms with Crippen LogP contribution in [0.25, 0.3) is 10.9 Å². The second kappa shape index (κ2) is 9.06. The number of likely N-dealkylation sites (tertiary alicyclic amines) is 1. The number of nitrogens with one attached hydrogen (secondary N) is 1. The molecule has 0 atom stereocenters. The molecule has 2 heterocycles. The van der Waals surface area contributed by atoms with E-state index in [2.05, 4.69) is 21.3 Å². The number of halogens is 1. The smallest absolute Gasteiger partial charge is 0.167 e. The summed E-state index contributed by atoms with van der Waals surface area (Å²) in [7, 11) is 3.29. The molecule has 0 amide bonds. The number of nitrogens with zero attached hydrogens (tertiary/aromatic N) is 3. The lowest BCUT2D eigenvalue weighted by Crippen LogP contribution is -2.47. The maximum absolute atomic E-state index is 14.4. The maximum atomic E-state index is 14.4. The number of pyridine rings is 1. The highest BCUT2D eigenvalue weighted by Crippen LogP contribution is 2.37. The summed E-state index contributed by atoms with van der Waals surface area (Å²) in [6.07, 6.45) is 1.61. The summed E-state index contributed by atoms with van der Waals surface area (Å²) < 4.78 is 31.6. The lowest BCUT2D eigenvalue weighted by molar-refractivity contribution is 0.110. The molecule has 1 saturated heterocycles. The molecule has 1 aliphatic rings. The van der Waals surface area contributed by atoms with Gasteiger partial charge in [0.05, 0.1) is 24.6 Å². The molecule has 1 aliphatic heterocycles. The van der Waals surface area contributed by atoms with Crippen LogP contribution in [-0.2, 0) is 0 Å². The van der Waals surface area contributed by atoms with Crippen LogP contribution in [0.15, 0.2) is 42.6 Å². The van der Waals surface area contributed by atoms with E-state index < -0.39 is 5.82 Å². The Morgan fingerprint density at radius 1 is 1.16 bits per heavy atom. The number of aromatic nitrogens is 1. The lowest BCUT2D eigenvalue weighted by atomic mass is 10.0. The van der Waals surface area contributed by atoms with Gasteiger partial charge >= 0.3 is 0 Å². The summed E-state index contributed by atoms with van der Waals surface area (Å²) in [5.41, 5.74) is 1.31. The number of hydrogen-bond donors (Lipinski definition) is 1. The van der Waals surface area contributed by atoms with Gasteiger partial charge in [0.15, 0.2) is 23.1 Å². The number of hydrogen-bond acceptors (Lipinski definition) is 7. The van der Waals surface area contributed by atoms with E-state index in [4.69, 9.17) is 19.5 Å². The quantitative estimate of drug-likeness (QED) is 0.587. The number of ether oxygens (including phenoxy) is 3. The van der Waals surface area contributed by atoms with Crippen molar-refractivity contribution >= 4 is 16.6 Å². The standard InChI is InChI=1S/C23H23FN4O3/c1-26-16-3-4-21(18(24)9-16)31-20-5-6-27-19-11-23(22(29-2)10-17(19)20)30-8-7-28-13-15(12-25)14-28/h3-6,9-11,15,26H,7-8,13-14H2,1-2H3. The summed E-state index contributed by atoms with van der Waals surface area (Å²) in [5.74, 6) is 1.35. The molecule has 3 aromatic rings. The molecule has 1 fully saturated rings. The molecular formula is C23H23FN4O3. The highest BCUT2D eigenvalue weighted by molar-refractivity contribution is 5.88. The molecule has 0 aliphatic carbocycles. The van der Waals surface area contributed by atoms with E-state index in [-0.39, 0.29) is 11.7 Å². The Kier molecular flexibility index (Phi) is 6.05. The molecule has 0 bridgehead atoms. The van der Waals surface area contributed by atoms with Crippen LogP contribution in [0, 0.1) is 23.1 Å². The third-order valence-electron chi connectivity index (χ3n) is 5.23. The van der Waals surface area contributed by atoms with Crippen molar-refractivity contribution in [3.8, 4) is 29.1 Å². The molecule has 0 saturated carbocycles. The highest BCUT2D eigenvalue weighted by Gasteiger charge is 2.25. The van der Waals surface area contributed by atoms with Crippen LogP contribution in [-0.4, -0.2) is 50.3 Å². The lowest BCUT2D eigenvalue weighted by Gasteiger charge is -2.34. The fourth-order valence-corrected chi connectivity index (χ4v) is 3.47. The van der Waals surface area contributed by atoms with E-state index in [1.54, 1.807) is 50.7 Å². The Hall–Kier alpha value is -3.57. The minimum atomic E-state index is -0.464. The number of nitriles is 1. The van der Waals surface area contributed by atoms with Crippen molar-refractivity contribution in [1.82, 2.24) is 9.88 Å². The van der Waals surface area contributed by atoms with Gasteiger partial charge < -0.3 is 19.5 Å². The molecule has 8 heteroatoms. The molecule has 0 spiro atoms. The van der Waals surface area contributed by atoms with Gasteiger partial charge in [-0.3, -0.25) is 9.88 Å². The Balaban J connectivity index is 1.53. The minimum Gasteiger partial charge on any atom is -0.493 e. The first-order chi connectivity index (χ1) is 15.1. The van der Waals surface area contributed by atoms with Crippen LogP contribution in [0.4, 0.5) is 10.1 Å². The predicted molar refractivity (Wildman–Crippen MR) is 115 cm³/mol. The topological polar surface area (TPSA) is 79.6 Å². The molecular weight excluding hydrogens is 399 g/mol. The third kappa shape index (κ3) is 4.47. The van der Waals surface area contributed by atoms with E-state index in [0.29, 0.717) is 40.4 Å². The van der Waals surface area contributed by atoms with Gasteiger partial charge in [0.1, 0.15) is 12.4 Å². The first kappa shape index (κ1) is 20.7. The number of methoxy groups -OCH3 is 1. The monoisotopic (exact) mass is 422 g/mol. The zero-order chi connectivity index (χ0) is 21.8. The Bertz CT molecular complexity index is 1130. The molecule has 0 radical (unpaired) electrons. The predicted octanol–water partition coefficient (Wildman–Crippen LogP) is 4.05. The van der Waals surface area contributed by atoms with Gasteiger partial charge in [0.2, 0.25) is 0 Å². The van der Waals surface area contributed by atoms with Gasteiger partial charge in [-0.2, -0.15) is 5.26 Å². The Morgan fingerprint density at radius 2 is 2.00 bits per heavy atom. The van der Waals surface area contributed by atoms with Crippen LogP contribution >= 0.6 is 0 Å². The van der Waals surface area contributed by atoms with E-state index in [1.165, 1.54) is 6.07 Å². The first-order valence-electron chi connectivity index (χ1n) is 9.98. The van der Waals surface area contributed by atoms with Gasteiger partial charge in [0, 0.05) is 56.1 Å². The van der Waals surface area contributed by atoms with Crippen molar-refractivity contribution in [2.75, 3.05) is 45.7 Å². The normalized spacial score (nSPS) is 14.0. The van der Waals surface area contributed by atoms with Gasteiger partial charge in [0.25, 0.3) is 0 Å². The Morgan fingerprint density at radius 3 is 2.71 bits per heavy atom. The third-order valence-corrected chi connectivity index (χ3v) is 5.23. The minimum absolute atomic E-state index is 0.121. The Labute approximate surface area is 180 Å². The number of anilines is 1. The summed E-state index contributed by atoms with van der Waals surface area (Å²) >= 11 is 0. The summed E-state index contributed by atoms with van der Waals surface area (Å²) in [6.45, 7) is 2.77. The second-order valence-electron chi connectivity index (χ2n) is 7.26. The van der Waals surface area contributed by atoms with Crippen molar-refractivity contribution in [2.24, 2.45) is 5.92 Å². The van der Waals surface area contributed by atoms with Crippen LogP contribution < -0.4 is 19.5 Å². The van der Waals surface area contributed by atoms with E-state index in [9.17, 15) is 4.39 Å². The average Bonchev–Trinajstić information content (AvgIpc) is 2.76. The zero-order valence-corrected chi connectivity index (χ0v) is 17.4. The van der Waals surface area contributed by atoms with Crippen LogP contribution in [0.5, 0.6) is 23.0 Å². The molecule has 160 valence electrons. The molecule has 1 N–H and O–H groups in total. The van der Waals surface area contributed by atoms with Crippen molar-refractivity contribution in [3.63, 3.8) is 0 Å². The van der Waals surface area contributed by atoms with Crippen molar-refractivity contribution < 1.29 is 18.6 Å². The largest absolute Gasteiger partial charge is 0.493 e.